The lowest BCUT2D eigenvalue weighted by atomic mass is 10.2. The van der Waals surface area contributed by atoms with Gasteiger partial charge in [0.25, 0.3) is 0 Å². The highest BCUT2D eigenvalue weighted by atomic mass is 32.2. The van der Waals surface area contributed by atoms with Crippen molar-refractivity contribution in [3.8, 4) is 0 Å². The Kier molecular flexibility index (Phi) is 3.37. The van der Waals surface area contributed by atoms with Crippen LogP contribution in [0.2, 0.25) is 0 Å². The normalized spacial score (nSPS) is 12.1. The molecule has 0 aliphatic rings. The number of rotatable bonds is 3. The van der Waals surface area contributed by atoms with E-state index in [9.17, 15) is 4.21 Å². The first kappa shape index (κ1) is 10.9. The summed E-state index contributed by atoms with van der Waals surface area (Å²) >= 11 is 0. The molecule has 2 rings (SSSR count). The van der Waals surface area contributed by atoms with Crippen LogP contribution in [-0.4, -0.2) is 4.21 Å². The Morgan fingerprint density at radius 2 is 1.56 bits per heavy atom. The quantitative estimate of drug-likeness (QED) is 0.864. The highest BCUT2D eigenvalue weighted by Gasteiger charge is 2.02. The van der Waals surface area contributed by atoms with Crippen LogP contribution >= 0.6 is 0 Å². The second kappa shape index (κ2) is 4.94. The van der Waals surface area contributed by atoms with Gasteiger partial charge < -0.3 is 4.72 Å². The summed E-state index contributed by atoms with van der Waals surface area (Å²) in [4.78, 5) is 0.787. The molecule has 0 saturated carbocycles. The molecule has 0 amide bonds. The third kappa shape index (κ3) is 2.70. The van der Waals surface area contributed by atoms with Crippen LogP contribution in [0.5, 0.6) is 0 Å². The van der Waals surface area contributed by atoms with Crippen LogP contribution in [0.1, 0.15) is 5.56 Å². The lowest BCUT2D eigenvalue weighted by Crippen LogP contribution is -2.04. The maximum atomic E-state index is 11.9. The number of hydrogen-bond acceptors (Lipinski definition) is 1. The standard InChI is InChI=1S/C13H13NOS/c1-11-7-9-13(10-8-11)16(15)14-12-5-3-2-4-6-12/h2-10,14H,1H3/t16-/m1/s1. The van der Waals surface area contributed by atoms with Crippen LogP contribution < -0.4 is 4.72 Å². The summed E-state index contributed by atoms with van der Waals surface area (Å²) in [6.45, 7) is 2.01. The van der Waals surface area contributed by atoms with E-state index in [-0.39, 0.29) is 0 Å². The summed E-state index contributed by atoms with van der Waals surface area (Å²) in [5.74, 6) is 0. The first-order valence-corrected chi connectivity index (χ1v) is 6.21. The Labute approximate surface area is 97.9 Å². The van der Waals surface area contributed by atoms with E-state index in [4.69, 9.17) is 0 Å². The average molecular weight is 231 g/mol. The van der Waals surface area contributed by atoms with Gasteiger partial charge in [-0.25, -0.2) is 4.21 Å². The third-order valence-electron chi connectivity index (χ3n) is 2.22. The zero-order valence-corrected chi connectivity index (χ0v) is 9.83. The van der Waals surface area contributed by atoms with E-state index in [0.29, 0.717) is 0 Å². The number of aryl methyl sites for hydroxylation is 1. The fourth-order valence-electron chi connectivity index (χ4n) is 1.33. The fraction of sp³-hybridized carbons (Fsp3) is 0.0769. The molecule has 2 aromatic rings. The Balaban J connectivity index is 2.12. The molecule has 0 saturated heterocycles. The van der Waals surface area contributed by atoms with E-state index in [1.54, 1.807) is 0 Å². The molecule has 2 nitrogen and oxygen atoms in total. The zero-order valence-electron chi connectivity index (χ0n) is 9.01. The van der Waals surface area contributed by atoms with Gasteiger partial charge in [-0.1, -0.05) is 35.9 Å². The number of benzene rings is 2. The molecule has 1 N–H and O–H groups in total. The van der Waals surface area contributed by atoms with Crippen molar-refractivity contribution in [2.75, 3.05) is 4.72 Å². The maximum Gasteiger partial charge on any atom is 0.150 e. The highest BCUT2D eigenvalue weighted by molar-refractivity contribution is 7.86. The maximum absolute atomic E-state index is 11.9. The van der Waals surface area contributed by atoms with E-state index in [1.165, 1.54) is 5.56 Å². The van der Waals surface area contributed by atoms with Crippen LogP contribution in [0.4, 0.5) is 5.69 Å². The lowest BCUT2D eigenvalue weighted by molar-refractivity contribution is 0.686. The van der Waals surface area contributed by atoms with E-state index in [0.717, 1.165) is 10.6 Å². The van der Waals surface area contributed by atoms with Crippen molar-refractivity contribution < 1.29 is 4.21 Å². The Bertz CT molecular complexity index is 479. The summed E-state index contributed by atoms with van der Waals surface area (Å²) in [5.41, 5.74) is 2.03. The molecule has 0 aliphatic carbocycles. The second-order valence-electron chi connectivity index (χ2n) is 3.55. The van der Waals surface area contributed by atoms with Crippen molar-refractivity contribution in [2.24, 2.45) is 0 Å². The molecule has 82 valence electrons. The van der Waals surface area contributed by atoms with Crippen LogP contribution in [0.25, 0.3) is 0 Å². The minimum atomic E-state index is -1.19. The van der Waals surface area contributed by atoms with Crippen LogP contribution in [0.3, 0.4) is 0 Å². The van der Waals surface area contributed by atoms with Crippen molar-refractivity contribution in [1.29, 1.82) is 0 Å². The first-order chi connectivity index (χ1) is 7.75. The summed E-state index contributed by atoms with van der Waals surface area (Å²) in [5, 5.41) is 0. The molecule has 0 spiro atoms. The summed E-state index contributed by atoms with van der Waals surface area (Å²) in [6.07, 6.45) is 0. The predicted octanol–water partition coefficient (Wildman–Crippen LogP) is 3.13. The molecule has 0 radical (unpaired) electrons. The van der Waals surface area contributed by atoms with Crippen molar-refractivity contribution in [3.05, 3.63) is 60.2 Å². The monoisotopic (exact) mass is 231 g/mol. The Morgan fingerprint density at radius 1 is 0.938 bits per heavy atom. The summed E-state index contributed by atoms with van der Waals surface area (Å²) in [6, 6.07) is 17.2. The summed E-state index contributed by atoms with van der Waals surface area (Å²) in [7, 11) is -1.19. The van der Waals surface area contributed by atoms with Gasteiger partial charge in [-0.15, -0.1) is 0 Å². The number of nitrogens with one attached hydrogen (secondary N) is 1. The third-order valence-corrected chi connectivity index (χ3v) is 3.34. The van der Waals surface area contributed by atoms with E-state index >= 15 is 0 Å². The number of para-hydroxylation sites is 1. The molecule has 0 aliphatic heterocycles. The van der Waals surface area contributed by atoms with E-state index in [2.05, 4.69) is 4.72 Å². The molecule has 0 aromatic heterocycles. The molecule has 2 aromatic carbocycles. The molecule has 16 heavy (non-hydrogen) atoms. The van der Waals surface area contributed by atoms with E-state index < -0.39 is 11.0 Å². The largest absolute Gasteiger partial charge is 0.301 e. The molecule has 0 bridgehead atoms. The van der Waals surface area contributed by atoms with Crippen molar-refractivity contribution >= 4 is 16.7 Å². The van der Waals surface area contributed by atoms with Crippen molar-refractivity contribution in [1.82, 2.24) is 0 Å². The van der Waals surface area contributed by atoms with E-state index in [1.807, 2.05) is 61.5 Å². The molecule has 0 fully saturated rings. The highest BCUT2D eigenvalue weighted by Crippen LogP contribution is 2.12. The first-order valence-electron chi connectivity index (χ1n) is 5.06. The average Bonchev–Trinajstić information content (AvgIpc) is 2.31. The van der Waals surface area contributed by atoms with Gasteiger partial charge in [0.1, 0.15) is 11.0 Å². The van der Waals surface area contributed by atoms with Gasteiger partial charge in [-0.2, -0.15) is 0 Å². The Hall–Kier alpha value is -1.61. The molecular formula is C13H13NOS. The molecule has 0 heterocycles. The zero-order chi connectivity index (χ0) is 11.4. The number of hydrogen-bond donors (Lipinski definition) is 1. The van der Waals surface area contributed by atoms with Crippen molar-refractivity contribution in [2.45, 2.75) is 11.8 Å². The van der Waals surface area contributed by atoms with Gasteiger partial charge in [0.05, 0.1) is 4.90 Å². The predicted molar refractivity (Wildman–Crippen MR) is 67.7 cm³/mol. The fourth-order valence-corrected chi connectivity index (χ4v) is 2.19. The van der Waals surface area contributed by atoms with Crippen LogP contribution in [0.15, 0.2) is 59.5 Å². The Morgan fingerprint density at radius 3 is 2.19 bits per heavy atom. The molecule has 3 heteroatoms. The SMILES string of the molecule is Cc1ccc([S@@](=O)Nc2ccccc2)cc1. The lowest BCUT2D eigenvalue weighted by Gasteiger charge is -2.05. The minimum absolute atomic E-state index is 0.787. The van der Waals surface area contributed by atoms with Crippen LogP contribution in [0, 0.1) is 6.92 Å². The van der Waals surface area contributed by atoms with Gasteiger partial charge in [-0.3, -0.25) is 0 Å². The minimum Gasteiger partial charge on any atom is -0.301 e. The van der Waals surface area contributed by atoms with Gasteiger partial charge in [-0.05, 0) is 31.2 Å². The van der Waals surface area contributed by atoms with Gasteiger partial charge in [0.15, 0.2) is 0 Å². The molecule has 1 atom stereocenters. The number of anilines is 1. The van der Waals surface area contributed by atoms with Gasteiger partial charge in [0.2, 0.25) is 0 Å². The van der Waals surface area contributed by atoms with Gasteiger partial charge in [0, 0.05) is 5.69 Å². The van der Waals surface area contributed by atoms with Crippen molar-refractivity contribution in [3.63, 3.8) is 0 Å². The molecule has 0 unspecified atom stereocenters. The smallest absolute Gasteiger partial charge is 0.150 e. The summed E-state index contributed by atoms with van der Waals surface area (Å²) < 4.78 is 14.9. The topological polar surface area (TPSA) is 29.1 Å². The second-order valence-corrected chi connectivity index (χ2v) is 4.76. The molecular weight excluding hydrogens is 218 g/mol. The van der Waals surface area contributed by atoms with Crippen LogP contribution in [-0.2, 0) is 11.0 Å². The van der Waals surface area contributed by atoms with Gasteiger partial charge >= 0.3 is 0 Å².